The molecule has 0 fully saturated rings. The molecular weight excluding hydrogens is 272 g/mol. The van der Waals surface area contributed by atoms with Crippen LogP contribution < -0.4 is 5.32 Å². The fraction of sp³-hybridized carbons (Fsp3) is 0.467. The van der Waals surface area contributed by atoms with Crippen molar-refractivity contribution in [2.75, 3.05) is 11.1 Å². The molecule has 4 nitrogen and oxygen atoms in total. The summed E-state index contributed by atoms with van der Waals surface area (Å²) in [6, 6.07) is 8.90. The molecule has 0 heterocycles. The van der Waals surface area contributed by atoms with Crippen molar-refractivity contribution in [3.63, 3.8) is 0 Å². The maximum Gasteiger partial charge on any atom is 0.224 e. The number of thioether (sulfide) groups is 1. The van der Waals surface area contributed by atoms with Crippen molar-refractivity contribution in [3.8, 4) is 6.07 Å². The van der Waals surface area contributed by atoms with E-state index in [1.165, 1.54) is 0 Å². The van der Waals surface area contributed by atoms with Gasteiger partial charge in [-0.25, -0.2) is 0 Å². The van der Waals surface area contributed by atoms with Gasteiger partial charge in [0.25, 0.3) is 0 Å². The van der Waals surface area contributed by atoms with Crippen LogP contribution in [-0.2, 0) is 4.79 Å². The van der Waals surface area contributed by atoms with Crippen molar-refractivity contribution >= 4 is 23.4 Å². The Labute approximate surface area is 124 Å². The number of carbonyl (C=O) groups excluding carboxylic acids is 1. The van der Waals surface area contributed by atoms with Gasteiger partial charge >= 0.3 is 0 Å². The Kier molecular flexibility index (Phi) is 7.13. The number of nitrogens with one attached hydrogen (secondary N) is 1. The van der Waals surface area contributed by atoms with Crippen LogP contribution >= 0.6 is 11.8 Å². The molecular formula is C15H20N2O2S. The Bertz CT molecular complexity index is 483. The van der Waals surface area contributed by atoms with E-state index in [0.717, 1.165) is 12.2 Å². The Balaban J connectivity index is 2.28. The number of hydrogen-bond acceptors (Lipinski definition) is 4. The van der Waals surface area contributed by atoms with Gasteiger partial charge in [-0.3, -0.25) is 4.79 Å². The van der Waals surface area contributed by atoms with Crippen molar-refractivity contribution in [2.24, 2.45) is 0 Å². The number of aliphatic hydroxyl groups is 1. The first-order valence-electron chi connectivity index (χ1n) is 6.62. The molecule has 0 spiro atoms. The number of aliphatic hydroxyl groups excluding tert-OH is 1. The molecule has 1 aromatic rings. The van der Waals surface area contributed by atoms with Gasteiger partial charge in [-0.2, -0.15) is 17.0 Å². The molecule has 0 bridgehead atoms. The molecule has 0 saturated heterocycles. The molecule has 0 aliphatic heterocycles. The van der Waals surface area contributed by atoms with Crippen LogP contribution in [0.4, 0.5) is 5.69 Å². The molecule has 0 aromatic heterocycles. The molecule has 0 aliphatic carbocycles. The summed E-state index contributed by atoms with van der Waals surface area (Å²) >= 11 is 1.67. The predicted molar refractivity (Wildman–Crippen MR) is 82.6 cm³/mol. The summed E-state index contributed by atoms with van der Waals surface area (Å²) in [5.41, 5.74) is 1.18. The van der Waals surface area contributed by atoms with Gasteiger partial charge in [0, 0.05) is 17.4 Å². The first-order chi connectivity index (χ1) is 9.52. The highest BCUT2D eigenvalue weighted by molar-refractivity contribution is 7.99. The van der Waals surface area contributed by atoms with Crippen LogP contribution in [0.2, 0.25) is 0 Å². The minimum absolute atomic E-state index is 0.0506. The van der Waals surface area contributed by atoms with Crippen molar-refractivity contribution in [2.45, 2.75) is 38.0 Å². The molecule has 1 rings (SSSR count). The van der Waals surface area contributed by atoms with Gasteiger partial charge in [-0.1, -0.05) is 13.0 Å². The molecule has 2 atom stereocenters. The number of anilines is 1. The number of carbonyl (C=O) groups is 1. The van der Waals surface area contributed by atoms with Crippen molar-refractivity contribution < 1.29 is 9.90 Å². The Hall–Kier alpha value is -1.51. The third-order valence-corrected chi connectivity index (χ3v) is 4.33. The largest absolute Gasteiger partial charge is 0.392 e. The van der Waals surface area contributed by atoms with Crippen LogP contribution in [0.3, 0.4) is 0 Å². The van der Waals surface area contributed by atoms with E-state index >= 15 is 0 Å². The highest BCUT2D eigenvalue weighted by Crippen LogP contribution is 2.16. The van der Waals surface area contributed by atoms with E-state index in [1.54, 1.807) is 43.0 Å². The van der Waals surface area contributed by atoms with E-state index in [2.05, 4.69) is 5.32 Å². The first-order valence-corrected chi connectivity index (χ1v) is 7.67. The topological polar surface area (TPSA) is 73.1 Å². The van der Waals surface area contributed by atoms with Crippen LogP contribution in [0, 0.1) is 11.3 Å². The van der Waals surface area contributed by atoms with Crippen LogP contribution in [0.15, 0.2) is 24.3 Å². The van der Waals surface area contributed by atoms with Gasteiger partial charge < -0.3 is 10.4 Å². The number of amides is 1. The zero-order chi connectivity index (χ0) is 15.0. The number of rotatable bonds is 7. The second-order valence-corrected chi connectivity index (χ2v) is 6.15. The molecule has 20 heavy (non-hydrogen) atoms. The average Bonchev–Trinajstić information content (AvgIpc) is 2.43. The van der Waals surface area contributed by atoms with Crippen LogP contribution in [-0.4, -0.2) is 28.1 Å². The molecule has 0 radical (unpaired) electrons. The SMILES string of the molecule is CC(O)C(C)SCCCC(=O)Nc1cccc(C#N)c1. The van der Waals surface area contributed by atoms with Crippen molar-refractivity contribution in [3.05, 3.63) is 29.8 Å². The molecule has 108 valence electrons. The summed E-state index contributed by atoms with van der Waals surface area (Å²) in [5.74, 6) is 0.794. The lowest BCUT2D eigenvalue weighted by Gasteiger charge is -2.13. The standard InChI is InChI=1S/C15H20N2O2S/c1-11(18)12(2)20-8-4-7-15(19)17-14-6-3-5-13(9-14)10-16/h3,5-6,9,11-12,18H,4,7-8H2,1-2H3,(H,17,19). The summed E-state index contributed by atoms with van der Waals surface area (Å²) < 4.78 is 0. The zero-order valence-corrected chi connectivity index (χ0v) is 12.6. The summed E-state index contributed by atoms with van der Waals surface area (Å²) in [6.07, 6.45) is 0.879. The first kappa shape index (κ1) is 16.5. The highest BCUT2D eigenvalue weighted by Gasteiger charge is 2.09. The van der Waals surface area contributed by atoms with Gasteiger partial charge in [0.15, 0.2) is 0 Å². The van der Waals surface area contributed by atoms with E-state index in [4.69, 9.17) is 5.26 Å². The number of nitriles is 1. The normalized spacial score (nSPS) is 13.3. The summed E-state index contributed by atoms with van der Waals surface area (Å²) in [5, 5.41) is 21.1. The molecule has 0 saturated carbocycles. The molecule has 1 amide bonds. The van der Waals surface area contributed by atoms with E-state index in [9.17, 15) is 9.90 Å². The maximum atomic E-state index is 11.7. The summed E-state index contributed by atoms with van der Waals surface area (Å²) in [7, 11) is 0. The lowest BCUT2D eigenvalue weighted by Crippen LogP contribution is -2.16. The minimum atomic E-state index is -0.331. The van der Waals surface area contributed by atoms with Crippen molar-refractivity contribution in [1.82, 2.24) is 0 Å². The Morgan fingerprint density at radius 2 is 2.25 bits per heavy atom. The van der Waals surface area contributed by atoms with E-state index in [-0.39, 0.29) is 17.3 Å². The van der Waals surface area contributed by atoms with Gasteiger partial charge in [0.05, 0.1) is 17.7 Å². The number of hydrogen-bond donors (Lipinski definition) is 2. The van der Waals surface area contributed by atoms with Crippen LogP contribution in [0.5, 0.6) is 0 Å². The molecule has 2 unspecified atom stereocenters. The molecule has 2 N–H and O–H groups in total. The second-order valence-electron chi connectivity index (χ2n) is 4.66. The minimum Gasteiger partial charge on any atom is -0.392 e. The van der Waals surface area contributed by atoms with E-state index < -0.39 is 0 Å². The van der Waals surface area contributed by atoms with Gasteiger partial charge in [0.1, 0.15) is 0 Å². The lowest BCUT2D eigenvalue weighted by molar-refractivity contribution is -0.116. The maximum absolute atomic E-state index is 11.7. The number of nitrogens with zero attached hydrogens (tertiary/aromatic N) is 1. The smallest absolute Gasteiger partial charge is 0.224 e. The zero-order valence-electron chi connectivity index (χ0n) is 11.8. The van der Waals surface area contributed by atoms with Crippen LogP contribution in [0.1, 0.15) is 32.3 Å². The molecule has 0 aliphatic rings. The second kappa shape index (κ2) is 8.62. The van der Waals surface area contributed by atoms with Gasteiger partial charge in [-0.15, -0.1) is 0 Å². The Morgan fingerprint density at radius 3 is 2.90 bits per heavy atom. The lowest BCUT2D eigenvalue weighted by atomic mass is 10.2. The monoisotopic (exact) mass is 292 g/mol. The highest BCUT2D eigenvalue weighted by atomic mass is 32.2. The van der Waals surface area contributed by atoms with Gasteiger partial charge in [-0.05, 0) is 37.3 Å². The third-order valence-electron chi connectivity index (χ3n) is 2.88. The average molecular weight is 292 g/mol. The van der Waals surface area contributed by atoms with E-state index in [1.807, 2.05) is 13.0 Å². The quantitative estimate of drug-likeness (QED) is 0.758. The third kappa shape index (κ3) is 6.09. The summed E-state index contributed by atoms with van der Waals surface area (Å²) in [4.78, 5) is 11.7. The Morgan fingerprint density at radius 1 is 1.50 bits per heavy atom. The summed E-state index contributed by atoms with van der Waals surface area (Å²) in [6.45, 7) is 3.75. The van der Waals surface area contributed by atoms with Gasteiger partial charge in [0.2, 0.25) is 5.91 Å². The fourth-order valence-electron chi connectivity index (χ4n) is 1.53. The van der Waals surface area contributed by atoms with Crippen molar-refractivity contribution in [1.29, 1.82) is 5.26 Å². The predicted octanol–water partition coefficient (Wildman–Crippen LogP) is 2.78. The molecule has 5 heteroatoms. The fourth-order valence-corrected chi connectivity index (χ4v) is 2.49. The number of benzene rings is 1. The van der Waals surface area contributed by atoms with Crippen LogP contribution in [0.25, 0.3) is 0 Å². The molecule has 1 aromatic carbocycles. The van der Waals surface area contributed by atoms with E-state index in [0.29, 0.717) is 17.7 Å².